The van der Waals surface area contributed by atoms with Gasteiger partial charge in [0.15, 0.2) is 0 Å². The molecule has 0 aromatic rings. The highest BCUT2D eigenvalue weighted by molar-refractivity contribution is 5.87. The first-order valence-electron chi connectivity index (χ1n) is 8.14. The largest absolute Gasteiger partial charge is 0.466 e. The number of carbonyl (C=O) groups excluding carboxylic acids is 2. The van der Waals surface area contributed by atoms with Crippen LogP contribution in [0.1, 0.15) is 53.4 Å². The van der Waals surface area contributed by atoms with Crippen molar-refractivity contribution in [2.45, 2.75) is 53.4 Å². The Bertz CT molecular complexity index is 498. The summed E-state index contributed by atoms with van der Waals surface area (Å²) in [6.45, 7) is 7.68. The van der Waals surface area contributed by atoms with E-state index in [9.17, 15) is 9.59 Å². The number of hydrogen-bond donors (Lipinski definition) is 0. The predicted octanol–water partition coefficient (Wildman–Crippen LogP) is 4.68. The van der Waals surface area contributed by atoms with E-state index in [2.05, 4.69) is 35.5 Å². The molecule has 0 aromatic heterocycles. The minimum absolute atomic E-state index is 0.275. The number of hydrogen-bond acceptors (Lipinski definition) is 4. The first kappa shape index (κ1) is 21.9. The van der Waals surface area contributed by atoms with Crippen LogP contribution in [0.5, 0.6) is 0 Å². The second kappa shape index (κ2) is 12.3. The Labute approximate surface area is 145 Å². The van der Waals surface area contributed by atoms with Gasteiger partial charge in [0.05, 0.1) is 14.2 Å². The summed E-state index contributed by atoms with van der Waals surface area (Å²) in [6.07, 6.45) is 11.5. The Balaban J connectivity index is 4.35. The monoisotopic (exact) mass is 334 g/mol. The van der Waals surface area contributed by atoms with Crippen LogP contribution in [0, 0.1) is 0 Å². The normalized spacial score (nSPS) is 13.8. The summed E-state index contributed by atoms with van der Waals surface area (Å²) >= 11 is 0. The van der Waals surface area contributed by atoms with Gasteiger partial charge in [-0.05, 0) is 53.4 Å². The molecule has 0 radical (unpaired) electrons. The maximum absolute atomic E-state index is 11.3. The molecule has 0 aliphatic rings. The lowest BCUT2D eigenvalue weighted by atomic mass is 10.1. The molecule has 0 N–H and O–H groups in total. The van der Waals surface area contributed by atoms with Gasteiger partial charge in [0.25, 0.3) is 0 Å². The average Bonchev–Trinajstić information content (AvgIpc) is 2.57. The maximum atomic E-state index is 11.3. The first-order valence-corrected chi connectivity index (χ1v) is 8.14. The minimum Gasteiger partial charge on any atom is -0.466 e. The lowest BCUT2D eigenvalue weighted by molar-refractivity contribution is -0.136. The third-order valence-electron chi connectivity index (χ3n) is 3.65. The van der Waals surface area contributed by atoms with Crippen molar-refractivity contribution in [2.24, 2.45) is 0 Å². The lowest BCUT2D eigenvalue weighted by Crippen LogP contribution is -2.01. The van der Waals surface area contributed by atoms with Crippen molar-refractivity contribution in [2.75, 3.05) is 14.2 Å². The van der Waals surface area contributed by atoms with Crippen molar-refractivity contribution in [1.29, 1.82) is 0 Å². The molecular formula is C20H30O4. The number of rotatable bonds is 9. The van der Waals surface area contributed by atoms with E-state index in [-0.39, 0.29) is 11.9 Å². The Morgan fingerprint density at radius 3 is 1.33 bits per heavy atom. The van der Waals surface area contributed by atoms with Crippen LogP contribution in [0.3, 0.4) is 0 Å². The van der Waals surface area contributed by atoms with Crippen LogP contribution in [-0.2, 0) is 19.1 Å². The van der Waals surface area contributed by atoms with Crippen LogP contribution in [0.15, 0.2) is 46.6 Å². The fourth-order valence-corrected chi connectivity index (χ4v) is 1.97. The van der Waals surface area contributed by atoms with Crippen LogP contribution in [0.4, 0.5) is 0 Å². The smallest absolute Gasteiger partial charge is 0.333 e. The summed E-state index contributed by atoms with van der Waals surface area (Å²) < 4.78 is 9.32. The molecule has 134 valence electrons. The van der Waals surface area contributed by atoms with Crippen molar-refractivity contribution >= 4 is 11.9 Å². The standard InChI is InChI=1S/C20H30O4/c1-15(9-7-11-17(3)19(21)23-5)13-14-16(2)10-8-12-18(4)20(22)24-6/h11-14H,7-10H2,1-6H3/b15-13-,16-14-,17-11+,18-12+. The summed E-state index contributed by atoms with van der Waals surface area (Å²) in [5.41, 5.74) is 3.80. The van der Waals surface area contributed by atoms with E-state index in [0.29, 0.717) is 11.1 Å². The molecule has 24 heavy (non-hydrogen) atoms. The third kappa shape index (κ3) is 9.82. The van der Waals surface area contributed by atoms with Crippen molar-refractivity contribution < 1.29 is 19.1 Å². The quantitative estimate of drug-likeness (QED) is 0.349. The van der Waals surface area contributed by atoms with Gasteiger partial charge >= 0.3 is 11.9 Å². The molecule has 0 saturated carbocycles. The van der Waals surface area contributed by atoms with Gasteiger partial charge in [-0.1, -0.05) is 35.5 Å². The molecule has 0 aliphatic heterocycles. The van der Waals surface area contributed by atoms with E-state index < -0.39 is 0 Å². The molecule has 0 fully saturated rings. The minimum atomic E-state index is -0.275. The van der Waals surface area contributed by atoms with Crippen LogP contribution in [0.25, 0.3) is 0 Å². The highest BCUT2D eigenvalue weighted by Gasteiger charge is 2.02. The molecule has 0 spiro atoms. The van der Waals surface area contributed by atoms with Gasteiger partial charge in [-0.25, -0.2) is 9.59 Å². The summed E-state index contributed by atoms with van der Waals surface area (Å²) in [5, 5.41) is 0. The van der Waals surface area contributed by atoms with Crippen molar-refractivity contribution in [3.05, 3.63) is 46.6 Å². The van der Waals surface area contributed by atoms with Gasteiger partial charge in [-0.2, -0.15) is 0 Å². The Kier molecular flexibility index (Phi) is 11.3. The van der Waals surface area contributed by atoms with E-state index in [0.717, 1.165) is 25.7 Å². The Hall–Kier alpha value is -2.10. The number of ether oxygens (including phenoxy) is 2. The van der Waals surface area contributed by atoms with Gasteiger partial charge in [-0.3, -0.25) is 0 Å². The third-order valence-corrected chi connectivity index (χ3v) is 3.65. The molecule has 0 aliphatic carbocycles. The molecule has 0 amide bonds. The zero-order valence-electron chi connectivity index (χ0n) is 15.8. The van der Waals surface area contributed by atoms with E-state index in [4.69, 9.17) is 0 Å². The SMILES string of the molecule is COC(=O)/C(C)=C/CC/C(C)=C\C=C(\C)CC/C=C(\C)C(=O)OC. The highest BCUT2D eigenvalue weighted by Crippen LogP contribution is 2.11. The van der Waals surface area contributed by atoms with Crippen molar-refractivity contribution in [3.8, 4) is 0 Å². The molecule has 0 unspecified atom stereocenters. The summed E-state index contributed by atoms with van der Waals surface area (Å²) in [6, 6.07) is 0. The second-order valence-corrected chi connectivity index (χ2v) is 5.86. The number of methoxy groups -OCH3 is 2. The van der Waals surface area contributed by atoms with Crippen LogP contribution in [-0.4, -0.2) is 26.2 Å². The van der Waals surface area contributed by atoms with Gasteiger partial charge in [0.2, 0.25) is 0 Å². The van der Waals surface area contributed by atoms with Crippen LogP contribution in [0.2, 0.25) is 0 Å². The lowest BCUT2D eigenvalue weighted by Gasteiger charge is -2.01. The molecule has 0 saturated heterocycles. The van der Waals surface area contributed by atoms with Gasteiger partial charge in [0, 0.05) is 11.1 Å². The molecular weight excluding hydrogens is 304 g/mol. The fraction of sp³-hybridized carbons (Fsp3) is 0.500. The van der Waals surface area contributed by atoms with E-state index in [1.54, 1.807) is 13.8 Å². The molecule has 4 nitrogen and oxygen atoms in total. The van der Waals surface area contributed by atoms with Gasteiger partial charge in [-0.15, -0.1) is 0 Å². The number of esters is 2. The molecule has 0 rings (SSSR count). The summed E-state index contributed by atoms with van der Waals surface area (Å²) in [4.78, 5) is 22.5. The van der Waals surface area contributed by atoms with E-state index in [1.165, 1.54) is 25.4 Å². The van der Waals surface area contributed by atoms with E-state index in [1.807, 2.05) is 12.2 Å². The van der Waals surface area contributed by atoms with Gasteiger partial charge < -0.3 is 9.47 Å². The summed E-state index contributed by atoms with van der Waals surface area (Å²) in [5.74, 6) is -0.551. The summed E-state index contributed by atoms with van der Waals surface area (Å²) in [7, 11) is 2.78. The molecule has 4 heteroatoms. The fourth-order valence-electron chi connectivity index (χ4n) is 1.97. The zero-order valence-corrected chi connectivity index (χ0v) is 15.8. The maximum Gasteiger partial charge on any atom is 0.333 e. The Morgan fingerprint density at radius 1 is 0.708 bits per heavy atom. The molecule has 0 bridgehead atoms. The first-order chi connectivity index (χ1) is 11.3. The van der Waals surface area contributed by atoms with Crippen LogP contribution >= 0.6 is 0 Å². The Morgan fingerprint density at radius 2 is 1.04 bits per heavy atom. The topological polar surface area (TPSA) is 52.6 Å². The van der Waals surface area contributed by atoms with E-state index >= 15 is 0 Å². The highest BCUT2D eigenvalue weighted by atomic mass is 16.5. The number of carbonyl (C=O) groups is 2. The van der Waals surface area contributed by atoms with Crippen LogP contribution < -0.4 is 0 Å². The number of allylic oxidation sites excluding steroid dienone is 6. The average molecular weight is 334 g/mol. The molecule has 0 heterocycles. The zero-order chi connectivity index (χ0) is 18.5. The second-order valence-electron chi connectivity index (χ2n) is 5.86. The van der Waals surface area contributed by atoms with Gasteiger partial charge in [0.1, 0.15) is 0 Å². The molecule has 0 atom stereocenters. The molecule has 0 aromatic carbocycles. The van der Waals surface area contributed by atoms with Crippen molar-refractivity contribution in [3.63, 3.8) is 0 Å². The predicted molar refractivity (Wildman–Crippen MR) is 97.5 cm³/mol. The van der Waals surface area contributed by atoms with Crippen molar-refractivity contribution in [1.82, 2.24) is 0 Å².